The summed E-state index contributed by atoms with van der Waals surface area (Å²) in [6.07, 6.45) is 2.41. The van der Waals surface area contributed by atoms with Crippen molar-refractivity contribution in [3.05, 3.63) is 70.8 Å². The van der Waals surface area contributed by atoms with E-state index in [4.69, 9.17) is 14.2 Å². The van der Waals surface area contributed by atoms with Gasteiger partial charge in [0.25, 0.3) is 0 Å². The lowest BCUT2D eigenvalue weighted by Gasteiger charge is -2.17. The third-order valence-electron chi connectivity index (χ3n) is 6.99. The Morgan fingerprint density at radius 1 is 1.13 bits per heavy atom. The van der Waals surface area contributed by atoms with Crippen molar-refractivity contribution in [1.82, 2.24) is 9.97 Å². The number of nitrogens with zero attached hydrogens (tertiary/aromatic N) is 2. The van der Waals surface area contributed by atoms with Gasteiger partial charge < -0.3 is 24.4 Å². The van der Waals surface area contributed by atoms with Crippen molar-refractivity contribution in [2.45, 2.75) is 45.3 Å². The van der Waals surface area contributed by atoms with E-state index in [2.05, 4.69) is 9.97 Å². The summed E-state index contributed by atoms with van der Waals surface area (Å²) >= 11 is 0. The van der Waals surface area contributed by atoms with Crippen LogP contribution in [0.15, 0.2) is 42.6 Å². The second kappa shape index (κ2) is 10.3. The molecule has 9 heteroatoms. The van der Waals surface area contributed by atoms with Gasteiger partial charge in [0.15, 0.2) is 0 Å². The molecule has 0 amide bonds. The standard InChI is InChI=1S/C29H31FN2O6/c1-16-20(5-7-24(32-16)37-9-8-36-15-29(2,3)35)17-4-6-23(30)19(10-17)14-38-25-12-18-11-21-26(22(18)13-31-25)27(21)28(33)34/h4-7,10,12-13,21,26-27,35H,8-9,11,14-15H2,1-3H3,(H,33,34)/t21-,26-,27+/m1/s1. The molecule has 200 valence electrons. The Bertz CT molecular complexity index is 1360. The van der Waals surface area contributed by atoms with E-state index in [-0.39, 0.29) is 36.8 Å². The number of carbonyl (C=O) groups is 1. The Hall–Kier alpha value is -3.56. The fraction of sp³-hybridized carbons (Fsp3) is 0.414. The molecule has 2 aliphatic carbocycles. The van der Waals surface area contributed by atoms with Crippen LogP contribution in [0.4, 0.5) is 4.39 Å². The number of ether oxygens (including phenoxy) is 3. The molecule has 0 saturated heterocycles. The zero-order chi connectivity index (χ0) is 27.0. The van der Waals surface area contributed by atoms with Crippen LogP contribution in [0.5, 0.6) is 11.8 Å². The maximum absolute atomic E-state index is 14.6. The van der Waals surface area contributed by atoms with Crippen LogP contribution in [0.2, 0.25) is 0 Å². The molecule has 3 aromatic rings. The first-order valence-corrected chi connectivity index (χ1v) is 12.6. The van der Waals surface area contributed by atoms with Gasteiger partial charge in [0.2, 0.25) is 11.8 Å². The lowest BCUT2D eigenvalue weighted by Crippen LogP contribution is -2.27. The van der Waals surface area contributed by atoms with Gasteiger partial charge in [-0.3, -0.25) is 4.79 Å². The molecule has 2 aliphatic rings. The first-order chi connectivity index (χ1) is 18.1. The van der Waals surface area contributed by atoms with Crippen LogP contribution in [0.3, 0.4) is 0 Å². The summed E-state index contributed by atoms with van der Waals surface area (Å²) in [4.78, 5) is 20.1. The van der Waals surface area contributed by atoms with Gasteiger partial charge in [-0.15, -0.1) is 0 Å². The summed E-state index contributed by atoms with van der Waals surface area (Å²) in [5.41, 5.74) is 3.93. The Morgan fingerprint density at radius 3 is 2.68 bits per heavy atom. The van der Waals surface area contributed by atoms with Gasteiger partial charge in [-0.25, -0.2) is 14.4 Å². The third kappa shape index (κ3) is 5.63. The number of carboxylic acid groups (broad SMARTS) is 1. The second-order valence-corrected chi connectivity index (χ2v) is 10.6. The molecule has 0 spiro atoms. The zero-order valence-corrected chi connectivity index (χ0v) is 21.6. The maximum Gasteiger partial charge on any atom is 0.307 e. The summed E-state index contributed by atoms with van der Waals surface area (Å²) < 4.78 is 31.5. The number of hydrogen-bond donors (Lipinski definition) is 2. The minimum absolute atomic E-state index is 0.00832. The topological polar surface area (TPSA) is 111 Å². The maximum atomic E-state index is 14.6. The van der Waals surface area contributed by atoms with E-state index in [9.17, 15) is 19.4 Å². The number of fused-ring (bicyclic) bond motifs is 3. The summed E-state index contributed by atoms with van der Waals surface area (Å²) in [6, 6.07) is 10.3. The number of benzene rings is 1. The van der Waals surface area contributed by atoms with E-state index in [0.717, 1.165) is 27.9 Å². The molecule has 1 aromatic carbocycles. The van der Waals surface area contributed by atoms with E-state index < -0.39 is 11.6 Å². The smallest absolute Gasteiger partial charge is 0.307 e. The van der Waals surface area contributed by atoms with Crippen molar-refractivity contribution in [3.63, 3.8) is 0 Å². The number of aliphatic carboxylic acids is 1. The highest BCUT2D eigenvalue weighted by Gasteiger charge is 2.59. The fourth-order valence-electron chi connectivity index (χ4n) is 5.14. The molecule has 0 aliphatic heterocycles. The predicted octanol–water partition coefficient (Wildman–Crippen LogP) is 4.31. The molecule has 8 nitrogen and oxygen atoms in total. The Kier molecular flexibility index (Phi) is 7.07. The largest absolute Gasteiger partial charge is 0.481 e. The van der Waals surface area contributed by atoms with Crippen LogP contribution in [0.25, 0.3) is 11.1 Å². The Balaban J connectivity index is 1.20. The first kappa shape index (κ1) is 26.1. The average Bonchev–Trinajstić information content (AvgIpc) is 3.45. The van der Waals surface area contributed by atoms with Crippen molar-refractivity contribution in [2.24, 2.45) is 11.8 Å². The average molecular weight is 523 g/mol. The molecule has 2 heterocycles. The summed E-state index contributed by atoms with van der Waals surface area (Å²) in [5.74, 6) is -0.372. The minimum Gasteiger partial charge on any atom is -0.481 e. The van der Waals surface area contributed by atoms with Crippen molar-refractivity contribution >= 4 is 5.97 Å². The summed E-state index contributed by atoms with van der Waals surface area (Å²) in [6.45, 7) is 6.07. The first-order valence-electron chi connectivity index (χ1n) is 12.6. The third-order valence-corrected chi connectivity index (χ3v) is 6.99. The minimum atomic E-state index is -0.888. The molecule has 1 saturated carbocycles. The number of halogens is 1. The molecule has 2 aromatic heterocycles. The van der Waals surface area contributed by atoms with Gasteiger partial charge in [-0.05, 0) is 68.0 Å². The van der Waals surface area contributed by atoms with Gasteiger partial charge in [-0.2, -0.15) is 0 Å². The highest BCUT2D eigenvalue weighted by molar-refractivity contribution is 5.77. The van der Waals surface area contributed by atoms with Crippen molar-refractivity contribution in [1.29, 1.82) is 0 Å². The summed E-state index contributed by atoms with van der Waals surface area (Å²) in [7, 11) is 0. The molecule has 1 fully saturated rings. The molecule has 0 unspecified atom stereocenters. The van der Waals surface area contributed by atoms with Gasteiger partial charge in [0, 0.05) is 41.1 Å². The highest BCUT2D eigenvalue weighted by atomic mass is 19.1. The molecule has 0 radical (unpaired) electrons. The van der Waals surface area contributed by atoms with E-state index >= 15 is 0 Å². The second-order valence-electron chi connectivity index (χ2n) is 10.6. The van der Waals surface area contributed by atoms with E-state index in [1.807, 2.05) is 19.1 Å². The van der Waals surface area contributed by atoms with Gasteiger partial charge in [0.05, 0.1) is 24.7 Å². The number of carboxylic acids is 1. The number of aliphatic hydroxyl groups is 1. The van der Waals surface area contributed by atoms with Crippen LogP contribution >= 0.6 is 0 Å². The van der Waals surface area contributed by atoms with Crippen LogP contribution < -0.4 is 9.47 Å². The Morgan fingerprint density at radius 2 is 1.95 bits per heavy atom. The molecule has 5 rings (SSSR count). The van der Waals surface area contributed by atoms with E-state index in [1.54, 1.807) is 38.2 Å². The number of hydrogen-bond acceptors (Lipinski definition) is 7. The van der Waals surface area contributed by atoms with E-state index in [1.165, 1.54) is 6.07 Å². The number of pyridine rings is 2. The molecular weight excluding hydrogens is 491 g/mol. The van der Waals surface area contributed by atoms with Crippen molar-refractivity contribution < 1.29 is 33.6 Å². The number of aromatic nitrogens is 2. The van der Waals surface area contributed by atoms with Crippen LogP contribution in [0.1, 0.15) is 42.1 Å². The Labute approximate surface area is 220 Å². The molecule has 0 bridgehead atoms. The molecule has 3 atom stereocenters. The van der Waals surface area contributed by atoms with Gasteiger partial charge in [0.1, 0.15) is 19.0 Å². The quantitative estimate of drug-likeness (QED) is 0.359. The fourth-order valence-corrected chi connectivity index (χ4v) is 5.14. The highest BCUT2D eigenvalue weighted by Crippen LogP contribution is 2.61. The summed E-state index contributed by atoms with van der Waals surface area (Å²) in [5, 5.41) is 19.0. The zero-order valence-electron chi connectivity index (χ0n) is 21.6. The van der Waals surface area contributed by atoms with Gasteiger partial charge >= 0.3 is 5.97 Å². The number of aryl methyl sites for hydroxylation is 1. The SMILES string of the molecule is Cc1nc(OCCOCC(C)(C)O)ccc1-c1ccc(F)c(COc2cc3c(cn2)[C@H]2[C@@H](C3)[C@@H]2C(=O)O)c1. The number of rotatable bonds is 11. The van der Waals surface area contributed by atoms with E-state index in [0.29, 0.717) is 37.0 Å². The van der Waals surface area contributed by atoms with Crippen LogP contribution in [-0.2, 0) is 22.6 Å². The predicted molar refractivity (Wildman–Crippen MR) is 137 cm³/mol. The molecule has 2 N–H and O–H groups in total. The van der Waals surface area contributed by atoms with Crippen molar-refractivity contribution in [3.8, 4) is 22.9 Å². The lowest BCUT2D eigenvalue weighted by molar-refractivity contribution is -0.139. The molecule has 38 heavy (non-hydrogen) atoms. The van der Waals surface area contributed by atoms with Gasteiger partial charge in [-0.1, -0.05) is 6.07 Å². The normalized spacial score (nSPS) is 19.6. The lowest BCUT2D eigenvalue weighted by atomic mass is 10.0. The van der Waals surface area contributed by atoms with Crippen LogP contribution in [0, 0.1) is 24.6 Å². The monoisotopic (exact) mass is 522 g/mol. The molecular formula is C29H31FN2O6. The van der Waals surface area contributed by atoms with Crippen molar-refractivity contribution in [2.75, 3.05) is 19.8 Å². The van der Waals surface area contributed by atoms with Crippen LogP contribution in [-0.4, -0.2) is 51.6 Å².